The van der Waals surface area contributed by atoms with Crippen molar-refractivity contribution >= 4 is 16.6 Å². The third-order valence-corrected chi connectivity index (χ3v) is 5.54. The van der Waals surface area contributed by atoms with Crippen LogP contribution in [0.4, 0.5) is 5.69 Å². The Labute approximate surface area is 150 Å². The smallest absolute Gasteiger partial charge is 0.0503 e. The number of benzene rings is 2. The maximum Gasteiger partial charge on any atom is 0.0503 e. The lowest BCUT2D eigenvalue weighted by Gasteiger charge is -2.33. The van der Waals surface area contributed by atoms with Crippen LogP contribution in [0, 0.1) is 6.92 Å². The molecule has 3 aromatic rings. The predicted octanol–water partition coefficient (Wildman–Crippen LogP) is 4.41. The van der Waals surface area contributed by atoms with Gasteiger partial charge in [-0.25, -0.2) is 0 Å². The monoisotopic (exact) mass is 333 g/mol. The SMILES string of the molecule is Cc1ccc(CCN2CCC(n3ccc4ccc(N)cc43)CC2)cc1. The number of nitrogens with two attached hydrogens (primary N) is 1. The minimum atomic E-state index is 0.593. The molecule has 3 nitrogen and oxygen atoms in total. The highest BCUT2D eigenvalue weighted by Crippen LogP contribution is 2.28. The second kappa shape index (κ2) is 6.93. The zero-order valence-electron chi connectivity index (χ0n) is 15.0. The molecule has 1 aromatic heterocycles. The fourth-order valence-electron chi connectivity index (χ4n) is 3.95. The summed E-state index contributed by atoms with van der Waals surface area (Å²) in [4.78, 5) is 2.61. The normalized spacial score (nSPS) is 16.5. The van der Waals surface area contributed by atoms with E-state index in [0.717, 1.165) is 18.7 Å². The number of aromatic nitrogens is 1. The summed E-state index contributed by atoms with van der Waals surface area (Å²) in [6, 6.07) is 18.0. The Morgan fingerprint density at radius 3 is 2.52 bits per heavy atom. The number of likely N-dealkylation sites (tertiary alicyclic amines) is 1. The van der Waals surface area contributed by atoms with E-state index in [1.807, 2.05) is 6.07 Å². The standard InChI is InChI=1S/C22H27N3/c1-17-2-4-18(5-3-17)8-12-24-13-10-21(11-14-24)25-15-9-19-6-7-20(23)16-22(19)25/h2-7,9,15-16,21H,8,10-14,23H2,1H3. The highest BCUT2D eigenvalue weighted by Gasteiger charge is 2.21. The molecule has 4 rings (SSSR count). The van der Waals surface area contributed by atoms with Gasteiger partial charge in [-0.05, 0) is 55.3 Å². The molecule has 0 bridgehead atoms. The van der Waals surface area contributed by atoms with Gasteiger partial charge in [0, 0.05) is 37.6 Å². The number of nitrogens with zero attached hydrogens (tertiary/aromatic N) is 2. The fraction of sp³-hybridized carbons (Fsp3) is 0.364. The van der Waals surface area contributed by atoms with Crippen molar-refractivity contribution < 1.29 is 0 Å². The predicted molar refractivity (Wildman–Crippen MR) is 106 cm³/mol. The van der Waals surface area contributed by atoms with Gasteiger partial charge in [0.1, 0.15) is 0 Å². The molecule has 0 atom stereocenters. The number of nitrogen functional groups attached to an aromatic ring is 1. The van der Waals surface area contributed by atoms with E-state index < -0.39 is 0 Å². The van der Waals surface area contributed by atoms with Crippen molar-refractivity contribution in [3.63, 3.8) is 0 Å². The minimum Gasteiger partial charge on any atom is -0.399 e. The maximum atomic E-state index is 5.99. The first kappa shape index (κ1) is 16.2. The Kier molecular flexibility index (Phi) is 4.50. The van der Waals surface area contributed by atoms with Crippen LogP contribution in [0.2, 0.25) is 0 Å². The second-order valence-electron chi connectivity index (χ2n) is 7.35. The molecule has 0 spiro atoms. The van der Waals surface area contributed by atoms with Gasteiger partial charge in [0.05, 0.1) is 5.52 Å². The molecular weight excluding hydrogens is 306 g/mol. The average Bonchev–Trinajstić information content (AvgIpc) is 3.05. The van der Waals surface area contributed by atoms with Gasteiger partial charge in [-0.2, -0.15) is 0 Å². The van der Waals surface area contributed by atoms with Crippen LogP contribution < -0.4 is 5.73 Å². The Morgan fingerprint density at radius 1 is 1.00 bits per heavy atom. The van der Waals surface area contributed by atoms with Crippen molar-refractivity contribution in [2.24, 2.45) is 0 Å². The van der Waals surface area contributed by atoms with Crippen LogP contribution >= 0.6 is 0 Å². The topological polar surface area (TPSA) is 34.2 Å². The molecule has 25 heavy (non-hydrogen) atoms. The summed E-state index contributed by atoms with van der Waals surface area (Å²) in [7, 11) is 0. The summed E-state index contributed by atoms with van der Waals surface area (Å²) >= 11 is 0. The molecular formula is C22H27N3. The highest BCUT2D eigenvalue weighted by atomic mass is 15.1. The zero-order valence-corrected chi connectivity index (χ0v) is 15.0. The van der Waals surface area contributed by atoms with Crippen LogP contribution in [0.25, 0.3) is 10.9 Å². The van der Waals surface area contributed by atoms with Crippen LogP contribution in [-0.2, 0) is 6.42 Å². The Balaban J connectivity index is 1.36. The van der Waals surface area contributed by atoms with Gasteiger partial charge in [0.15, 0.2) is 0 Å². The first-order chi connectivity index (χ1) is 12.2. The molecule has 3 heteroatoms. The van der Waals surface area contributed by atoms with E-state index in [1.165, 1.54) is 48.0 Å². The summed E-state index contributed by atoms with van der Waals surface area (Å²) in [5, 5.41) is 1.29. The van der Waals surface area contributed by atoms with Gasteiger partial charge < -0.3 is 15.2 Å². The maximum absolute atomic E-state index is 5.99. The molecule has 0 amide bonds. The third kappa shape index (κ3) is 3.57. The van der Waals surface area contributed by atoms with E-state index in [4.69, 9.17) is 5.73 Å². The van der Waals surface area contributed by atoms with Crippen LogP contribution in [0.1, 0.15) is 30.0 Å². The van der Waals surface area contributed by atoms with Gasteiger partial charge in [-0.15, -0.1) is 0 Å². The van der Waals surface area contributed by atoms with Crippen LogP contribution in [0.15, 0.2) is 54.7 Å². The van der Waals surface area contributed by atoms with E-state index in [2.05, 4.69) is 65.1 Å². The molecule has 0 aliphatic carbocycles. The largest absolute Gasteiger partial charge is 0.399 e. The lowest BCUT2D eigenvalue weighted by atomic mass is 10.0. The van der Waals surface area contributed by atoms with Crippen molar-refractivity contribution in [1.29, 1.82) is 0 Å². The number of hydrogen-bond donors (Lipinski definition) is 1. The summed E-state index contributed by atoms with van der Waals surface area (Å²) < 4.78 is 2.43. The molecule has 2 aromatic carbocycles. The quantitative estimate of drug-likeness (QED) is 0.718. The highest BCUT2D eigenvalue weighted by molar-refractivity contribution is 5.83. The number of anilines is 1. The number of aryl methyl sites for hydroxylation is 1. The molecule has 1 fully saturated rings. The van der Waals surface area contributed by atoms with Crippen molar-refractivity contribution in [2.75, 3.05) is 25.4 Å². The van der Waals surface area contributed by atoms with E-state index in [0.29, 0.717) is 6.04 Å². The molecule has 0 saturated carbocycles. The molecule has 2 heterocycles. The zero-order chi connectivity index (χ0) is 17.2. The first-order valence-electron chi connectivity index (χ1n) is 9.33. The van der Waals surface area contributed by atoms with Crippen LogP contribution in [0.5, 0.6) is 0 Å². The number of piperidine rings is 1. The number of rotatable bonds is 4. The lowest BCUT2D eigenvalue weighted by Crippen LogP contribution is -2.35. The first-order valence-corrected chi connectivity index (χ1v) is 9.33. The second-order valence-corrected chi connectivity index (χ2v) is 7.35. The van der Waals surface area contributed by atoms with Crippen molar-refractivity contribution in [3.05, 3.63) is 65.9 Å². The van der Waals surface area contributed by atoms with Gasteiger partial charge in [0.2, 0.25) is 0 Å². The van der Waals surface area contributed by atoms with Crippen molar-refractivity contribution in [1.82, 2.24) is 9.47 Å². The Bertz CT molecular complexity index is 839. The fourth-order valence-corrected chi connectivity index (χ4v) is 3.95. The number of hydrogen-bond acceptors (Lipinski definition) is 2. The summed E-state index contributed by atoms with van der Waals surface area (Å²) in [6.45, 7) is 5.67. The van der Waals surface area contributed by atoms with Gasteiger partial charge in [0.25, 0.3) is 0 Å². The minimum absolute atomic E-state index is 0.593. The van der Waals surface area contributed by atoms with Crippen molar-refractivity contribution in [3.8, 4) is 0 Å². The van der Waals surface area contributed by atoms with E-state index in [-0.39, 0.29) is 0 Å². The molecule has 1 aliphatic heterocycles. The summed E-state index contributed by atoms with van der Waals surface area (Å²) in [5.74, 6) is 0. The lowest BCUT2D eigenvalue weighted by molar-refractivity contribution is 0.190. The molecule has 2 N–H and O–H groups in total. The molecule has 1 saturated heterocycles. The average molecular weight is 333 g/mol. The van der Waals surface area contributed by atoms with Gasteiger partial charge in [-0.3, -0.25) is 0 Å². The molecule has 130 valence electrons. The molecule has 0 unspecified atom stereocenters. The number of fused-ring (bicyclic) bond motifs is 1. The van der Waals surface area contributed by atoms with Crippen molar-refractivity contribution in [2.45, 2.75) is 32.2 Å². The Hall–Kier alpha value is -2.26. The Morgan fingerprint density at radius 2 is 1.76 bits per heavy atom. The van der Waals surface area contributed by atoms with E-state index in [1.54, 1.807) is 0 Å². The van der Waals surface area contributed by atoms with Crippen LogP contribution in [0.3, 0.4) is 0 Å². The van der Waals surface area contributed by atoms with E-state index in [9.17, 15) is 0 Å². The van der Waals surface area contributed by atoms with Gasteiger partial charge in [-0.1, -0.05) is 35.9 Å². The molecule has 1 aliphatic rings. The van der Waals surface area contributed by atoms with Gasteiger partial charge >= 0.3 is 0 Å². The van der Waals surface area contributed by atoms with E-state index >= 15 is 0 Å². The van der Waals surface area contributed by atoms with Crippen LogP contribution in [-0.4, -0.2) is 29.1 Å². The third-order valence-electron chi connectivity index (χ3n) is 5.54. The summed E-state index contributed by atoms with van der Waals surface area (Å²) in [6.07, 6.45) is 5.81. The molecule has 0 radical (unpaired) electrons. The summed E-state index contributed by atoms with van der Waals surface area (Å²) in [5.41, 5.74) is 10.9.